The summed E-state index contributed by atoms with van der Waals surface area (Å²) >= 11 is 1.92. The lowest BCUT2D eigenvalue weighted by molar-refractivity contribution is 0.183. The van der Waals surface area contributed by atoms with Crippen molar-refractivity contribution in [1.29, 1.82) is 0 Å². The number of fused-ring (bicyclic) bond motifs is 1. The van der Waals surface area contributed by atoms with Gasteiger partial charge in [0.2, 0.25) is 0 Å². The van der Waals surface area contributed by atoms with Crippen molar-refractivity contribution in [2.75, 3.05) is 18.8 Å². The summed E-state index contributed by atoms with van der Waals surface area (Å²) in [6, 6.07) is 1.40. The Morgan fingerprint density at radius 2 is 2.33 bits per heavy atom. The lowest BCUT2D eigenvalue weighted by Crippen LogP contribution is -2.42. The number of aliphatic imine (C=N–C) groups is 1. The van der Waals surface area contributed by atoms with Crippen molar-refractivity contribution in [2.24, 2.45) is 4.99 Å². The summed E-state index contributed by atoms with van der Waals surface area (Å²) in [5.74, 6) is 1.17. The fraction of sp³-hybridized carbons (Fsp3) is 0.929. The number of rotatable bonds is 2. The van der Waals surface area contributed by atoms with Crippen molar-refractivity contribution in [3.05, 3.63) is 0 Å². The van der Waals surface area contributed by atoms with Gasteiger partial charge in [0.15, 0.2) is 5.17 Å². The van der Waals surface area contributed by atoms with Crippen LogP contribution in [0.1, 0.15) is 46.0 Å². The molecule has 3 aliphatic rings. The molecule has 0 saturated carbocycles. The third-order valence-corrected chi connectivity index (χ3v) is 6.07. The fourth-order valence-corrected chi connectivity index (χ4v) is 4.58. The zero-order valence-corrected chi connectivity index (χ0v) is 12.4. The first-order valence-corrected chi connectivity index (χ1v) is 8.40. The summed E-state index contributed by atoms with van der Waals surface area (Å²) < 4.78 is 0. The first-order chi connectivity index (χ1) is 8.68. The van der Waals surface area contributed by atoms with Crippen molar-refractivity contribution in [3.63, 3.8) is 0 Å². The molecule has 0 aromatic carbocycles. The minimum Gasteiger partial charge on any atom is -0.359 e. The first kappa shape index (κ1) is 12.8. The van der Waals surface area contributed by atoms with E-state index in [1.165, 1.54) is 56.1 Å². The lowest BCUT2D eigenvalue weighted by Gasteiger charge is -2.33. The van der Waals surface area contributed by atoms with E-state index < -0.39 is 0 Å². The molecular weight excluding hydrogens is 242 g/mol. The first-order valence-electron chi connectivity index (χ1n) is 7.41. The molecule has 0 amide bonds. The molecule has 102 valence electrons. The highest BCUT2D eigenvalue weighted by Gasteiger charge is 2.34. The Morgan fingerprint density at radius 3 is 3.11 bits per heavy atom. The number of amidine groups is 1. The maximum absolute atomic E-state index is 4.98. The molecule has 3 rings (SSSR count). The third-order valence-electron chi connectivity index (χ3n) is 4.81. The minimum absolute atomic E-state index is 0.275. The van der Waals surface area contributed by atoms with Gasteiger partial charge in [-0.3, -0.25) is 4.99 Å². The molecule has 4 heteroatoms. The van der Waals surface area contributed by atoms with Gasteiger partial charge >= 0.3 is 0 Å². The molecule has 0 spiro atoms. The lowest BCUT2D eigenvalue weighted by atomic mass is 9.98. The summed E-state index contributed by atoms with van der Waals surface area (Å²) in [7, 11) is 0. The molecule has 0 radical (unpaired) electrons. The number of nitrogens with zero attached hydrogens (tertiary/aromatic N) is 2. The van der Waals surface area contributed by atoms with Gasteiger partial charge in [0.05, 0.1) is 6.04 Å². The van der Waals surface area contributed by atoms with Crippen molar-refractivity contribution in [2.45, 2.75) is 63.6 Å². The smallest absolute Gasteiger partial charge is 0.157 e. The Hall–Kier alpha value is -0.220. The van der Waals surface area contributed by atoms with E-state index >= 15 is 0 Å². The zero-order chi connectivity index (χ0) is 12.6. The third kappa shape index (κ3) is 2.55. The Morgan fingerprint density at radius 1 is 1.44 bits per heavy atom. The van der Waals surface area contributed by atoms with Gasteiger partial charge in [-0.25, -0.2) is 0 Å². The Bertz CT molecular complexity index is 344. The molecule has 0 aliphatic carbocycles. The van der Waals surface area contributed by atoms with E-state index in [-0.39, 0.29) is 5.54 Å². The second-order valence-corrected chi connectivity index (χ2v) is 7.24. The number of piperidine rings is 1. The van der Waals surface area contributed by atoms with Crippen LogP contribution >= 0.6 is 11.8 Å². The summed E-state index contributed by atoms with van der Waals surface area (Å²) in [6.07, 6.45) is 6.52. The maximum Gasteiger partial charge on any atom is 0.157 e. The van der Waals surface area contributed by atoms with Gasteiger partial charge in [0, 0.05) is 23.9 Å². The number of nitrogens with one attached hydrogen (secondary N) is 1. The molecule has 3 fully saturated rings. The molecule has 3 aliphatic heterocycles. The summed E-state index contributed by atoms with van der Waals surface area (Å²) in [6.45, 7) is 7.16. The van der Waals surface area contributed by atoms with Gasteiger partial charge < -0.3 is 10.2 Å². The summed E-state index contributed by atoms with van der Waals surface area (Å²) in [4.78, 5) is 7.65. The van der Waals surface area contributed by atoms with Crippen LogP contribution in [0.4, 0.5) is 0 Å². The second-order valence-electron chi connectivity index (χ2n) is 6.27. The predicted octanol–water partition coefficient (Wildman–Crippen LogP) is 2.47. The van der Waals surface area contributed by atoms with Crippen LogP contribution in [0.25, 0.3) is 0 Å². The van der Waals surface area contributed by atoms with Gasteiger partial charge in [0.1, 0.15) is 0 Å². The quantitative estimate of drug-likeness (QED) is 0.833. The number of hydrogen-bond acceptors (Lipinski definition) is 3. The van der Waals surface area contributed by atoms with E-state index in [4.69, 9.17) is 4.99 Å². The molecule has 18 heavy (non-hydrogen) atoms. The van der Waals surface area contributed by atoms with Crippen LogP contribution < -0.4 is 5.32 Å². The molecule has 3 saturated heterocycles. The van der Waals surface area contributed by atoms with Crippen LogP contribution in [0.2, 0.25) is 0 Å². The average Bonchev–Trinajstić information content (AvgIpc) is 2.96. The maximum atomic E-state index is 4.98. The molecule has 3 nitrogen and oxygen atoms in total. The predicted molar refractivity (Wildman–Crippen MR) is 79.3 cm³/mol. The van der Waals surface area contributed by atoms with Gasteiger partial charge in [-0.05, 0) is 45.6 Å². The number of thioether (sulfide) groups is 1. The highest BCUT2D eigenvalue weighted by atomic mass is 32.2. The zero-order valence-electron chi connectivity index (χ0n) is 11.6. The van der Waals surface area contributed by atoms with Gasteiger partial charge in [0.25, 0.3) is 0 Å². The topological polar surface area (TPSA) is 27.6 Å². The standard InChI is InChI=1S/C14H25N3S/c1-3-14(2)10-18-13(16-14)15-11-6-8-17-7-4-5-12(17)9-11/h11-12H,3-10H2,1-2H3,(H,15,16). The van der Waals surface area contributed by atoms with E-state index in [1.807, 2.05) is 11.8 Å². The molecule has 0 bridgehead atoms. The Kier molecular flexibility index (Phi) is 3.59. The highest BCUT2D eigenvalue weighted by molar-refractivity contribution is 8.14. The molecule has 3 unspecified atom stereocenters. The Labute approximate surface area is 115 Å². The number of hydrogen-bond donors (Lipinski definition) is 1. The van der Waals surface area contributed by atoms with Crippen LogP contribution in [-0.2, 0) is 0 Å². The summed E-state index contributed by atoms with van der Waals surface area (Å²) in [5, 5.41) is 4.83. The summed E-state index contributed by atoms with van der Waals surface area (Å²) in [5.41, 5.74) is 0.275. The average molecular weight is 267 g/mol. The van der Waals surface area contributed by atoms with Crippen molar-refractivity contribution < 1.29 is 0 Å². The minimum atomic E-state index is 0.275. The van der Waals surface area contributed by atoms with E-state index in [2.05, 4.69) is 24.1 Å². The molecule has 0 aromatic rings. The van der Waals surface area contributed by atoms with Crippen LogP contribution in [0.3, 0.4) is 0 Å². The molecule has 0 aromatic heterocycles. The van der Waals surface area contributed by atoms with E-state index in [0.29, 0.717) is 6.04 Å². The van der Waals surface area contributed by atoms with E-state index in [9.17, 15) is 0 Å². The SMILES string of the molecule is CCC1(C)CSC(=NC2CCN3CCCC3C2)N1. The van der Waals surface area contributed by atoms with Crippen LogP contribution in [0.15, 0.2) is 4.99 Å². The van der Waals surface area contributed by atoms with Crippen LogP contribution in [0.5, 0.6) is 0 Å². The fourth-order valence-electron chi connectivity index (χ4n) is 3.30. The van der Waals surface area contributed by atoms with Crippen molar-refractivity contribution in [3.8, 4) is 0 Å². The van der Waals surface area contributed by atoms with Gasteiger partial charge in [-0.1, -0.05) is 18.7 Å². The monoisotopic (exact) mass is 267 g/mol. The van der Waals surface area contributed by atoms with Crippen molar-refractivity contribution in [1.82, 2.24) is 10.2 Å². The largest absolute Gasteiger partial charge is 0.359 e. The van der Waals surface area contributed by atoms with Crippen molar-refractivity contribution >= 4 is 16.9 Å². The normalized spacial score (nSPS) is 43.1. The van der Waals surface area contributed by atoms with Gasteiger partial charge in [-0.2, -0.15) is 0 Å². The molecule has 3 heterocycles. The molecule has 1 N–H and O–H groups in total. The highest BCUT2D eigenvalue weighted by Crippen LogP contribution is 2.30. The molecule has 3 atom stereocenters. The van der Waals surface area contributed by atoms with E-state index in [0.717, 1.165) is 6.04 Å². The van der Waals surface area contributed by atoms with Gasteiger partial charge in [-0.15, -0.1) is 0 Å². The van der Waals surface area contributed by atoms with E-state index in [1.54, 1.807) is 0 Å². The van der Waals surface area contributed by atoms with Crippen LogP contribution in [0, 0.1) is 0 Å². The molecular formula is C14H25N3S. The Balaban J connectivity index is 1.60. The van der Waals surface area contributed by atoms with Crippen LogP contribution in [-0.4, -0.2) is 46.5 Å². The second kappa shape index (κ2) is 5.04.